The van der Waals surface area contributed by atoms with Gasteiger partial charge >= 0.3 is 0 Å². The molecule has 2 aliphatic carbocycles. The second-order valence-corrected chi connectivity index (χ2v) is 10.0. The van der Waals surface area contributed by atoms with Crippen molar-refractivity contribution >= 4 is 16.9 Å². The Labute approximate surface area is 202 Å². The maximum absolute atomic E-state index is 13.5. The van der Waals surface area contributed by atoms with Gasteiger partial charge < -0.3 is 20.8 Å². The molecule has 35 heavy (non-hydrogen) atoms. The van der Waals surface area contributed by atoms with Crippen LogP contribution >= 0.6 is 0 Å². The van der Waals surface area contributed by atoms with E-state index in [1.165, 1.54) is 18.5 Å². The maximum Gasteiger partial charge on any atom is 0.263 e. The number of H-pyrrole nitrogens is 1. The summed E-state index contributed by atoms with van der Waals surface area (Å²) >= 11 is 0. The number of aromatic amines is 1. The van der Waals surface area contributed by atoms with Gasteiger partial charge in [-0.1, -0.05) is 6.92 Å². The third kappa shape index (κ3) is 4.87. The number of benzene rings is 1. The highest BCUT2D eigenvalue weighted by atomic mass is 19.3. The summed E-state index contributed by atoms with van der Waals surface area (Å²) in [5.74, 6) is 1.06. The number of amides is 1. The second kappa shape index (κ2) is 9.53. The Balaban J connectivity index is 1.52. The molecular weight excluding hydrogens is 452 g/mol. The lowest BCUT2D eigenvalue weighted by Crippen LogP contribution is -2.45. The van der Waals surface area contributed by atoms with E-state index in [2.05, 4.69) is 27.2 Å². The van der Waals surface area contributed by atoms with Crippen molar-refractivity contribution in [3.63, 3.8) is 0 Å². The highest BCUT2D eigenvalue weighted by molar-refractivity contribution is 6.09. The Morgan fingerprint density at radius 3 is 2.77 bits per heavy atom. The molecule has 0 aliphatic heterocycles. The summed E-state index contributed by atoms with van der Waals surface area (Å²) in [4.78, 5) is 25.4. The summed E-state index contributed by atoms with van der Waals surface area (Å²) in [7, 11) is 0. The highest BCUT2D eigenvalue weighted by Crippen LogP contribution is 2.38. The average Bonchev–Trinajstić information content (AvgIpc) is 3.59. The average molecular weight is 484 g/mol. The number of hydrogen-bond donors (Lipinski definition) is 3. The van der Waals surface area contributed by atoms with Gasteiger partial charge in [-0.2, -0.15) is 0 Å². The fraction of sp³-hybridized carbons (Fsp3) is 0.500. The summed E-state index contributed by atoms with van der Waals surface area (Å²) < 4.78 is 33.1. The Bertz CT molecular complexity index is 1240. The van der Waals surface area contributed by atoms with Gasteiger partial charge in [-0.05, 0) is 69.1 Å². The molecule has 2 saturated carbocycles. The number of rotatable bonds is 7. The zero-order chi connectivity index (χ0) is 24.7. The molecule has 1 amide bonds. The molecule has 2 fully saturated rings. The van der Waals surface area contributed by atoms with Crippen LogP contribution < -0.4 is 15.8 Å². The summed E-state index contributed by atoms with van der Waals surface area (Å²) in [5.41, 5.74) is 8.92. The predicted molar refractivity (Wildman–Crippen MR) is 129 cm³/mol. The van der Waals surface area contributed by atoms with E-state index in [0.29, 0.717) is 51.8 Å². The topological polar surface area (TPSA) is 106 Å². The summed E-state index contributed by atoms with van der Waals surface area (Å²) in [6.07, 6.45) is 3.54. The first-order valence-electron chi connectivity index (χ1n) is 12.3. The molecule has 1 aromatic carbocycles. The Morgan fingerprint density at radius 2 is 2.06 bits per heavy atom. The van der Waals surface area contributed by atoms with Gasteiger partial charge in [0.25, 0.3) is 12.3 Å². The van der Waals surface area contributed by atoms with Gasteiger partial charge in [-0.25, -0.2) is 18.7 Å². The zero-order valence-electron chi connectivity index (χ0n) is 20.0. The third-order valence-corrected chi connectivity index (χ3v) is 7.21. The van der Waals surface area contributed by atoms with Gasteiger partial charge in [-0.15, -0.1) is 0 Å². The monoisotopic (exact) mass is 483 g/mol. The Morgan fingerprint density at radius 1 is 1.26 bits per heavy atom. The molecule has 7 nitrogen and oxygen atoms in total. The molecule has 4 N–H and O–H groups in total. The van der Waals surface area contributed by atoms with Crippen LogP contribution in [-0.2, 0) is 0 Å². The summed E-state index contributed by atoms with van der Waals surface area (Å²) in [6.45, 7) is 4.45. The highest BCUT2D eigenvalue weighted by Gasteiger charge is 2.30. The van der Waals surface area contributed by atoms with Crippen molar-refractivity contribution in [1.29, 1.82) is 0 Å². The van der Waals surface area contributed by atoms with Crippen molar-refractivity contribution in [3.05, 3.63) is 41.3 Å². The lowest BCUT2D eigenvalue weighted by Gasteiger charge is -2.33. The van der Waals surface area contributed by atoms with E-state index < -0.39 is 6.43 Å². The van der Waals surface area contributed by atoms with Crippen LogP contribution in [0.2, 0.25) is 0 Å². The molecule has 2 heterocycles. The minimum atomic E-state index is -2.62. The quantitative estimate of drug-likeness (QED) is 0.443. The normalized spacial score (nSPS) is 22.5. The standard InChI is InChI=1S/C26H31F2N5O2/c1-13-9-17(29)6-7-19(13)33-26(34)21-14(2)32-24-22(30-12-31-23(21)24)18-10-16(25(27)28)5-8-20(18)35-11-15-3-4-15/h5,8,10,12-13,15,17,19,25,32H,3-4,6-7,9,11,29H2,1-2H3,(H,33,34)/t13-,17-,19+/m1/s1. The maximum atomic E-state index is 13.5. The van der Waals surface area contributed by atoms with Crippen LogP contribution in [0.5, 0.6) is 5.75 Å². The molecule has 3 atom stereocenters. The Hall–Kier alpha value is -3.07. The van der Waals surface area contributed by atoms with Crippen molar-refractivity contribution in [2.24, 2.45) is 17.6 Å². The number of carbonyl (C=O) groups excluding carboxylic acids is 1. The van der Waals surface area contributed by atoms with Gasteiger partial charge in [0.1, 0.15) is 23.3 Å². The predicted octanol–water partition coefficient (Wildman–Crippen LogP) is 4.91. The largest absolute Gasteiger partial charge is 0.493 e. The second-order valence-electron chi connectivity index (χ2n) is 10.0. The fourth-order valence-electron chi connectivity index (χ4n) is 4.98. The molecule has 186 valence electrons. The van der Waals surface area contributed by atoms with E-state index in [0.717, 1.165) is 32.1 Å². The van der Waals surface area contributed by atoms with E-state index in [4.69, 9.17) is 10.5 Å². The molecule has 2 aromatic heterocycles. The lowest BCUT2D eigenvalue weighted by molar-refractivity contribution is 0.0907. The number of alkyl halides is 2. The fourth-order valence-corrected chi connectivity index (χ4v) is 4.98. The lowest BCUT2D eigenvalue weighted by atomic mass is 9.83. The number of nitrogens with one attached hydrogen (secondary N) is 2. The molecule has 2 aliphatic rings. The number of halogens is 2. The summed E-state index contributed by atoms with van der Waals surface area (Å²) in [6, 6.07) is 4.58. The molecule has 0 saturated heterocycles. The van der Waals surface area contributed by atoms with Gasteiger partial charge in [0.05, 0.1) is 17.7 Å². The van der Waals surface area contributed by atoms with Gasteiger partial charge in [-0.3, -0.25) is 4.79 Å². The van der Waals surface area contributed by atoms with Crippen molar-refractivity contribution in [2.75, 3.05) is 6.61 Å². The van der Waals surface area contributed by atoms with Gasteiger partial charge in [0.15, 0.2) is 0 Å². The number of carbonyl (C=O) groups is 1. The molecule has 5 rings (SSSR count). The first-order valence-corrected chi connectivity index (χ1v) is 12.3. The van der Waals surface area contributed by atoms with E-state index in [9.17, 15) is 13.6 Å². The van der Waals surface area contributed by atoms with Crippen molar-refractivity contribution < 1.29 is 18.3 Å². The number of ether oxygens (including phenoxy) is 1. The van der Waals surface area contributed by atoms with Crippen LogP contribution in [0.3, 0.4) is 0 Å². The van der Waals surface area contributed by atoms with Crippen LogP contribution in [0.4, 0.5) is 8.78 Å². The number of aromatic nitrogens is 3. The van der Waals surface area contributed by atoms with Crippen LogP contribution in [0, 0.1) is 18.8 Å². The van der Waals surface area contributed by atoms with E-state index in [1.807, 2.05) is 0 Å². The third-order valence-electron chi connectivity index (χ3n) is 7.21. The molecule has 0 unspecified atom stereocenters. The molecule has 0 bridgehead atoms. The summed E-state index contributed by atoms with van der Waals surface area (Å²) in [5, 5.41) is 3.16. The van der Waals surface area contributed by atoms with Gasteiger partial charge in [0.2, 0.25) is 0 Å². The van der Waals surface area contributed by atoms with E-state index in [-0.39, 0.29) is 29.5 Å². The number of fused-ring (bicyclic) bond motifs is 1. The number of hydrogen-bond acceptors (Lipinski definition) is 5. The van der Waals surface area contributed by atoms with E-state index >= 15 is 0 Å². The molecule has 0 radical (unpaired) electrons. The minimum absolute atomic E-state index is 0.0399. The van der Waals surface area contributed by atoms with Crippen LogP contribution in [0.1, 0.15) is 67.1 Å². The van der Waals surface area contributed by atoms with E-state index in [1.54, 1.807) is 13.0 Å². The van der Waals surface area contributed by atoms with Crippen molar-refractivity contribution in [2.45, 2.75) is 64.5 Å². The molecular formula is C26H31F2N5O2. The van der Waals surface area contributed by atoms with Crippen molar-refractivity contribution in [3.8, 4) is 17.0 Å². The smallest absolute Gasteiger partial charge is 0.263 e. The van der Waals surface area contributed by atoms with Gasteiger partial charge in [0, 0.05) is 28.9 Å². The first kappa shape index (κ1) is 23.7. The molecule has 3 aromatic rings. The number of nitrogens with two attached hydrogens (primary N) is 1. The first-order chi connectivity index (χ1) is 16.8. The SMILES string of the molecule is Cc1[nH]c2c(-c3cc(C(F)F)ccc3OCC3CC3)ncnc2c1C(=O)N[C@H]1CC[C@@H](N)C[C@H]1C. The van der Waals surface area contributed by atoms with Crippen molar-refractivity contribution in [1.82, 2.24) is 20.3 Å². The zero-order valence-corrected chi connectivity index (χ0v) is 20.0. The van der Waals surface area contributed by atoms with Crippen LogP contribution in [-0.4, -0.2) is 39.5 Å². The minimum Gasteiger partial charge on any atom is -0.493 e. The number of nitrogens with zero attached hydrogens (tertiary/aromatic N) is 2. The van der Waals surface area contributed by atoms with Crippen LogP contribution in [0.25, 0.3) is 22.3 Å². The molecule has 9 heteroatoms. The molecule has 0 spiro atoms. The van der Waals surface area contributed by atoms with Crippen LogP contribution in [0.15, 0.2) is 24.5 Å². The Kier molecular flexibility index (Phi) is 6.44. The number of aryl methyl sites for hydroxylation is 1.